The van der Waals surface area contributed by atoms with Crippen LogP contribution >= 0.6 is 11.3 Å². The molecule has 3 aromatic rings. The lowest BCUT2D eigenvalue weighted by molar-refractivity contribution is 0.0940. The number of hydrogen-bond acceptors (Lipinski definition) is 6. The molecule has 0 saturated carbocycles. The number of fused-ring (bicyclic) bond motifs is 4. The zero-order chi connectivity index (χ0) is 23.9. The van der Waals surface area contributed by atoms with Gasteiger partial charge in [0.25, 0.3) is 5.56 Å². The number of nitrogens with one attached hydrogen (secondary N) is 1. The molecular formula is C27H32N4O3S. The number of nitrogens with zero attached hydrogens (tertiary/aromatic N) is 3. The number of hydrogen-bond donors (Lipinski definition) is 1. The van der Waals surface area contributed by atoms with Crippen molar-refractivity contribution in [3.63, 3.8) is 0 Å². The van der Waals surface area contributed by atoms with E-state index in [1.54, 1.807) is 17.7 Å². The molecule has 184 valence electrons. The van der Waals surface area contributed by atoms with Crippen LogP contribution in [0.15, 0.2) is 35.4 Å². The first-order valence-corrected chi connectivity index (χ1v) is 13.7. The average molecular weight is 493 g/mol. The van der Waals surface area contributed by atoms with E-state index in [1.807, 2.05) is 16.4 Å². The Bertz CT molecular complexity index is 1280. The third-order valence-corrected chi connectivity index (χ3v) is 9.07. The van der Waals surface area contributed by atoms with Gasteiger partial charge in [0.2, 0.25) is 0 Å². The van der Waals surface area contributed by atoms with Crippen molar-refractivity contribution < 1.29 is 9.53 Å². The minimum atomic E-state index is -0.196. The third kappa shape index (κ3) is 4.27. The quantitative estimate of drug-likeness (QED) is 0.599. The maximum absolute atomic E-state index is 13.6. The van der Waals surface area contributed by atoms with Gasteiger partial charge in [-0.2, -0.15) is 0 Å². The molecule has 2 aromatic heterocycles. The summed E-state index contributed by atoms with van der Waals surface area (Å²) in [7, 11) is 0. The summed E-state index contributed by atoms with van der Waals surface area (Å²) in [5.74, 6) is 0. The van der Waals surface area contributed by atoms with E-state index in [2.05, 4.69) is 29.6 Å². The summed E-state index contributed by atoms with van der Waals surface area (Å²) < 4.78 is 7.02. The molecule has 1 atom stereocenters. The maximum Gasteiger partial charge on any atom is 0.409 e. The average Bonchev–Trinajstić information content (AvgIpc) is 3.46. The van der Waals surface area contributed by atoms with Crippen LogP contribution in [-0.2, 0) is 30.4 Å². The van der Waals surface area contributed by atoms with E-state index in [0.717, 1.165) is 68.3 Å². The number of aromatic nitrogens is 2. The van der Waals surface area contributed by atoms with Crippen LogP contribution in [-0.4, -0.2) is 52.3 Å². The number of rotatable bonds is 4. The SMILES string of the molecule is CCOC(=O)N1CCC(NC2CCc3c(sc4ncn(C5Cc6ccccc6C5)c(=O)c34)C2)CC1. The molecule has 8 heteroatoms. The minimum absolute atomic E-state index is 0.128. The molecule has 1 aromatic carbocycles. The third-order valence-electron chi connectivity index (χ3n) is 7.91. The Morgan fingerprint density at radius 3 is 2.57 bits per heavy atom. The number of ether oxygens (including phenoxy) is 1. The molecule has 1 unspecified atom stereocenters. The summed E-state index contributed by atoms with van der Waals surface area (Å²) in [5.41, 5.74) is 4.04. The van der Waals surface area contributed by atoms with Gasteiger partial charge >= 0.3 is 6.09 Å². The number of carbonyl (C=O) groups excluding carboxylic acids is 1. The lowest BCUT2D eigenvalue weighted by atomic mass is 9.91. The van der Waals surface area contributed by atoms with Crippen molar-refractivity contribution in [2.24, 2.45) is 0 Å². The number of benzene rings is 1. The molecule has 35 heavy (non-hydrogen) atoms. The number of piperidine rings is 1. The van der Waals surface area contributed by atoms with E-state index < -0.39 is 0 Å². The number of thiophene rings is 1. The molecule has 0 bridgehead atoms. The Balaban J connectivity index is 1.15. The Labute approximate surface area is 209 Å². The first-order chi connectivity index (χ1) is 17.1. The Morgan fingerprint density at radius 1 is 1.11 bits per heavy atom. The molecule has 3 aliphatic rings. The van der Waals surface area contributed by atoms with Gasteiger partial charge < -0.3 is 15.0 Å². The number of likely N-dealkylation sites (tertiary alicyclic amines) is 1. The molecule has 0 radical (unpaired) electrons. The molecule has 1 amide bonds. The van der Waals surface area contributed by atoms with Gasteiger partial charge in [-0.05, 0) is 68.6 Å². The molecule has 1 saturated heterocycles. The minimum Gasteiger partial charge on any atom is -0.450 e. The van der Waals surface area contributed by atoms with Crippen LogP contribution in [0.4, 0.5) is 4.79 Å². The van der Waals surface area contributed by atoms with E-state index in [0.29, 0.717) is 18.7 Å². The zero-order valence-electron chi connectivity index (χ0n) is 20.2. The molecule has 3 heterocycles. The molecule has 7 nitrogen and oxygen atoms in total. The van der Waals surface area contributed by atoms with Crippen molar-refractivity contribution in [3.05, 3.63) is 62.5 Å². The van der Waals surface area contributed by atoms with Crippen LogP contribution in [0.3, 0.4) is 0 Å². The molecule has 2 aliphatic carbocycles. The predicted molar refractivity (Wildman–Crippen MR) is 137 cm³/mol. The van der Waals surface area contributed by atoms with Gasteiger partial charge in [-0.3, -0.25) is 9.36 Å². The Hall–Kier alpha value is -2.71. The van der Waals surface area contributed by atoms with Gasteiger partial charge in [0.15, 0.2) is 0 Å². The summed E-state index contributed by atoms with van der Waals surface area (Å²) in [5, 5.41) is 4.69. The van der Waals surface area contributed by atoms with Crippen molar-refractivity contribution in [1.29, 1.82) is 0 Å². The van der Waals surface area contributed by atoms with Crippen molar-refractivity contribution in [2.45, 2.75) is 70.0 Å². The lowest BCUT2D eigenvalue weighted by Gasteiger charge is -2.35. The summed E-state index contributed by atoms with van der Waals surface area (Å²) in [6, 6.07) is 9.48. The van der Waals surface area contributed by atoms with E-state index >= 15 is 0 Å². The fourth-order valence-corrected chi connectivity index (χ4v) is 7.35. The highest BCUT2D eigenvalue weighted by Crippen LogP contribution is 2.35. The molecule has 6 rings (SSSR count). The maximum atomic E-state index is 13.6. The second kappa shape index (κ2) is 9.39. The largest absolute Gasteiger partial charge is 0.450 e. The zero-order valence-corrected chi connectivity index (χ0v) is 21.0. The first-order valence-electron chi connectivity index (χ1n) is 12.9. The van der Waals surface area contributed by atoms with Crippen LogP contribution in [0.1, 0.15) is 53.8 Å². The van der Waals surface area contributed by atoms with Gasteiger partial charge in [-0.1, -0.05) is 24.3 Å². The Morgan fingerprint density at radius 2 is 1.86 bits per heavy atom. The summed E-state index contributed by atoms with van der Waals surface area (Å²) >= 11 is 1.69. The van der Waals surface area contributed by atoms with Crippen LogP contribution in [0, 0.1) is 0 Å². The second-order valence-electron chi connectivity index (χ2n) is 10.0. The van der Waals surface area contributed by atoms with E-state index in [9.17, 15) is 9.59 Å². The van der Waals surface area contributed by atoms with E-state index in [-0.39, 0.29) is 17.7 Å². The van der Waals surface area contributed by atoms with E-state index in [1.165, 1.54) is 21.6 Å². The van der Waals surface area contributed by atoms with Crippen LogP contribution in [0.2, 0.25) is 0 Å². The van der Waals surface area contributed by atoms with Gasteiger partial charge in [0.1, 0.15) is 4.83 Å². The van der Waals surface area contributed by atoms with E-state index in [4.69, 9.17) is 9.72 Å². The van der Waals surface area contributed by atoms with Crippen molar-refractivity contribution in [2.75, 3.05) is 19.7 Å². The molecular weight excluding hydrogens is 460 g/mol. The Kier molecular flexibility index (Phi) is 6.10. The van der Waals surface area contributed by atoms with Crippen LogP contribution in [0.25, 0.3) is 10.2 Å². The fourth-order valence-electron chi connectivity index (χ4n) is 6.09. The van der Waals surface area contributed by atoms with Gasteiger partial charge in [0.05, 0.1) is 18.3 Å². The molecule has 1 N–H and O–H groups in total. The summed E-state index contributed by atoms with van der Waals surface area (Å²) in [6.07, 6.45) is 8.17. The van der Waals surface area contributed by atoms with Crippen molar-refractivity contribution in [1.82, 2.24) is 19.8 Å². The van der Waals surface area contributed by atoms with Gasteiger partial charge in [-0.25, -0.2) is 9.78 Å². The topological polar surface area (TPSA) is 76.5 Å². The summed E-state index contributed by atoms with van der Waals surface area (Å²) in [4.78, 5) is 34.3. The van der Waals surface area contributed by atoms with Gasteiger partial charge in [0, 0.05) is 36.1 Å². The lowest BCUT2D eigenvalue weighted by Crippen LogP contribution is -2.49. The molecule has 1 aliphatic heterocycles. The molecule has 0 spiro atoms. The highest BCUT2D eigenvalue weighted by molar-refractivity contribution is 7.18. The predicted octanol–water partition coefficient (Wildman–Crippen LogP) is 3.87. The van der Waals surface area contributed by atoms with Crippen LogP contribution in [0.5, 0.6) is 0 Å². The highest BCUT2D eigenvalue weighted by Gasteiger charge is 2.30. The van der Waals surface area contributed by atoms with Crippen LogP contribution < -0.4 is 10.9 Å². The fraction of sp³-hybridized carbons (Fsp3) is 0.519. The smallest absolute Gasteiger partial charge is 0.409 e. The number of carbonyl (C=O) groups is 1. The second-order valence-corrected chi connectivity index (χ2v) is 11.1. The van der Waals surface area contributed by atoms with Crippen molar-refractivity contribution >= 4 is 27.6 Å². The normalized spacial score (nSPS) is 20.7. The van der Waals surface area contributed by atoms with Gasteiger partial charge in [-0.15, -0.1) is 11.3 Å². The monoisotopic (exact) mass is 492 g/mol. The highest BCUT2D eigenvalue weighted by atomic mass is 32.1. The standard InChI is InChI=1S/C27H32N4O3S/c1-2-34-27(33)30-11-9-19(10-12-30)29-20-7-8-22-23(15-20)35-25-24(22)26(32)31(16-28-25)21-13-17-5-3-4-6-18(17)14-21/h3-6,16,19-21,29H,2,7-15H2,1H3. The summed E-state index contributed by atoms with van der Waals surface area (Å²) in [6.45, 7) is 3.75. The first kappa shape index (κ1) is 22.7. The molecule has 1 fully saturated rings. The number of amides is 1. The number of aryl methyl sites for hydroxylation is 1. The van der Waals surface area contributed by atoms with Crippen molar-refractivity contribution in [3.8, 4) is 0 Å².